The minimum absolute atomic E-state index is 0.225. The standard InChI is InChI=1S/C13H17F2NO/c1-2-12-11(7-8-16-12)9-3-5-10(6-4-9)17-13(14)15/h3-6,11-13,16H,2,7-8H2,1H3. The molecule has 1 aromatic rings. The number of rotatable bonds is 4. The molecule has 1 N–H and O–H groups in total. The van der Waals surface area contributed by atoms with Gasteiger partial charge in [0.05, 0.1) is 0 Å². The fraction of sp³-hybridized carbons (Fsp3) is 0.538. The highest BCUT2D eigenvalue weighted by atomic mass is 19.3. The smallest absolute Gasteiger partial charge is 0.387 e. The molecule has 2 rings (SSSR count). The number of halogens is 2. The van der Waals surface area contributed by atoms with Crippen LogP contribution in [0.25, 0.3) is 0 Å². The Labute approximate surface area is 100.0 Å². The molecule has 2 unspecified atom stereocenters. The van der Waals surface area contributed by atoms with E-state index in [0.717, 1.165) is 19.4 Å². The van der Waals surface area contributed by atoms with E-state index in [4.69, 9.17) is 0 Å². The van der Waals surface area contributed by atoms with Crippen LogP contribution in [0.5, 0.6) is 5.75 Å². The van der Waals surface area contributed by atoms with Crippen molar-refractivity contribution in [3.05, 3.63) is 29.8 Å². The van der Waals surface area contributed by atoms with Crippen molar-refractivity contribution in [2.45, 2.75) is 38.3 Å². The Morgan fingerprint density at radius 3 is 2.65 bits per heavy atom. The Morgan fingerprint density at radius 1 is 1.35 bits per heavy atom. The van der Waals surface area contributed by atoms with Crippen molar-refractivity contribution < 1.29 is 13.5 Å². The zero-order valence-corrected chi connectivity index (χ0v) is 9.83. The van der Waals surface area contributed by atoms with Crippen LogP contribution in [0, 0.1) is 0 Å². The average molecular weight is 241 g/mol. The highest BCUT2D eigenvalue weighted by Gasteiger charge is 2.26. The van der Waals surface area contributed by atoms with Crippen LogP contribution in [-0.2, 0) is 0 Å². The maximum absolute atomic E-state index is 12.0. The summed E-state index contributed by atoms with van der Waals surface area (Å²) in [5, 5.41) is 3.45. The molecule has 4 heteroatoms. The lowest BCUT2D eigenvalue weighted by atomic mass is 9.91. The van der Waals surface area contributed by atoms with Gasteiger partial charge in [0.25, 0.3) is 0 Å². The van der Waals surface area contributed by atoms with E-state index in [1.807, 2.05) is 12.1 Å². The quantitative estimate of drug-likeness (QED) is 0.874. The summed E-state index contributed by atoms with van der Waals surface area (Å²) >= 11 is 0. The fourth-order valence-electron chi connectivity index (χ4n) is 2.49. The zero-order valence-electron chi connectivity index (χ0n) is 9.83. The largest absolute Gasteiger partial charge is 0.435 e. The lowest BCUT2D eigenvalue weighted by Crippen LogP contribution is -2.24. The van der Waals surface area contributed by atoms with Gasteiger partial charge in [-0.3, -0.25) is 0 Å². The van der Waals surface area contributed by atoms with E-state index in [9.17, 15) is 8.78 Å². The normalized spacial score (nSPS) is 24.2. The fourth-order valence-corrected chi connectivity index (χ4v) is 2.49. The van der Waals surface area contributed by atoms with Gasteiger partial charge in [0.2, 0.25) is 0 Å². The van der Waals surface area contributed by atoms with E-state index in [2.05, 4.69) is 17.0 Å². The van der Waals surface area contributed by atoms with Crippen molar-refractivity contribution in [3.8, 4) is 5.75 Å². The molecule has 1 aliphatic rings. The number of hydrogen-bond donors (Lipinski definition) is 1. The van der Waals surface area contributed by atoms with E-state index < -0.39 is 6.61 Å². The number of benzene rings is 1. The van der Waals surface area contributed by atoms with E-state index >= 15 is 0 Å². The molecule has 0 radical (unpaired) electrons. The van der Waals surface area contributed by atoms with Crippen LogP contribution in [0.3, 0.4) is 0 Å². The summed E-state index contributed by atoms with van der Waals surface area (Å²) in [4.78, 5) is 0. The Hall–Kier alpha value is -1.16. The Bertz CT molecular complexity index is 353. The summed E-state index contributed by atoms with van der Waals surface area (Å²) in [5.41, 5.74) is 1.20. The summed E-state index contributed by atoms with van der Waals surface area (Å²) < 4.78 is 28.3. The molecule has 0 bridgehead atoms. The number of hydrogen-bond acceptors (Lipinski definition) is 2. The second-order valence-electron chi connectivity index (χ2n) is 4.31. The van der Waals surface area contributed by atoms with Crippen LogP contribution in [0.4, 0.5) is 8.78 Å². The lowest BCUT2D eigenvalue weighted by molar-refractivity contribution is -0.0498. The molecule has 1 heterocycles. The Kier molecular flexibility index (Phi) is 3.94. The van der Waals surface area contributed by atoms with Crippen molar-refractivity contribution >= 4 is 0 Å². The molecule has 0 aliphatic carbocycles. The van der Waals surface area contributed by atoms with E-state index in [-0.39, 0.29) is 5.75 Å². The Morgan fingerprint density at radius 2 is 2.06 bits per heavy atom. The first-order valence-electron chi connectivity index (χ1n) is 5.99. The number of nitrogens with one attached hydrogen (secondary N) is 1. The van der Waals surface area contributed by atoms with Gasteiger partial charge in [-0.15, -0.1) is 0 Å². The molecule has 2 nitrogen and oxygen atoms in total. The summed E-state index contributed by atoms with van der Waals surface area (Å²) in [5.74, 6) is 0.711. The minimum atomic E-state index is -2.75. The van der Waals surface area contributed by atoms with Crippen molar-refractivity contribution in [3.63, 3.8) is 0 Å². The minimum Gasteiger partial charge on any atom is -0.435 e. The topological polar surface area (TPSA) is 21.3 Å². The third-order valence-corrected chi connectivity index (χ3v) is 3.32. The second-order valence-corrected chi connectivity index (χ2v) is 4.31. The summed E-state index contributed by atoms with van der Waals surface area (Å²) in [7, 11) is 0. The average Bonchev–Trinajstić information content (AvgIpc) is 2.77. The predicted molar refractivity (Wildman–Crippen MR) is 62.5 cm³/mol. The number of ether oxygens (including phenoxy) is 1. The molecule has 1 fully saturated rings. The molecule has 1 aliphatic heterocycles. The summed E-state index contributed by atoms with van der Waals surface area (Å²) in [6, 6.07) is 7.51. The zero-order chi connectivity index (χ0) is 12.3. The predicted octanol–water partition coefficient (Wildman–Crippen LogP) is 3.14. The molecule has 1 saturated heterocycles. The van der Waals surface area contributed by atoms with E-state index in [0.29, 0.717) is 12.0 Å². The van der Waals surface area contributed by atoms with Gasteiger partial charge in [-0.05, 0) is 37.1 Å². The molecule has 17 heavy (non-hydrogen) atoms. The molecule has 0 amide bonds. The maximum Gasteiger partial charge on any atom is 0.387 e. The van der Waals surface area contributed by atoms with Crippen LogP contribution in [0.1, 0.15) is 31.2 Å². The van der Waals surface area contributed by atoms with Crippen molar-refractivity contribution in [2.24, 2.45) is 0 Å². The van der Waals surface area contributed by atoms with E-state index in [1.165, 1.54) is 5.56 Å². The monoisotopic (exact) mass is 241 g/mol. The first-order chi connectivity index (χ1) is 8.20. The third kappa shape index (κ3) is 2.94. The number of alkyl halides is 2. The SMILES string of the molecule is CCC1NCCC1c1ccc(OC(F)F)cc1. The van der Waals surface area contributed by atoms with Crippen LogP contribution in [0.2, 0.25) is 0 Å². The third-order valence-electron chi connectivity index (χ3n) is 3.32. The molecule has 0 aromatic heterocycles. The molecule has 94 valence electrons. The van der Waals surface area contributed by atoms with Gasteiger partial charge in [0.15, 0.2) is 0 Å². The molecular weight excluding hydrogens is 224 g/mol. The van der Waals surface area contributed by atoms with Gasteiger partial charge < -0.3 is 10.1 Å². The highest BCUT2D eigenvalue weighted by Crippen LogP contribution is 2.30. The van der Waals surface area contributed by atoms with Gasteiger partial charge in [0, 0.05) is 12.0 Å². The van der Waals surface area contributed by atoms with E-state index in [1.54, 1.807) is 12.1 Å². The lowest BCUT2D eigenvalue weighted by Gasteiger charge is -2.18. The van der Waals surface area contributed by atoms with Crippen LogP contribution in [0.15, 0.2) is 24.3 Å². The van der Waals surface area contributed by atoms with Crippen LogP contribution >= 0.6 is 0 Å². The second kappa shape index (κ2) is 5.45. The highest BCUT2D eigenvalue weighted by molar-refractivity contribution is 5.31. The van der Waals surface area contributed by atoms with Crippen molar-refractivity contribution in [1.29, 1.82) is 0 Å². The first kappa shape index (κ1) is 12.3. The van der Waals surface area contributed by atoms with Crippen molar-refractivity contribution in [1.82, 2.24) is 5.32 Å². The van der Waals surface area contributed by atoms with Crippen molar-refractivity contribution in [2.75, 3.05) is 6.54 Å². The Balaban J connectivity index is 2.07. The summed E-state index contributed by atoms with van der Waals surface area (Å²) in [6.07, 6.45) is 2.19. The molecule has 2 atom stereocenters. The molecule has 0 spiro atoms. The van der Waals surface area contributed by atoms with Gasteiger partial charge in [0.1, 0.15) is 5.75 Å². The van der Waals surface area contributed by atoms with Gasteiger partial charge in [-0.1, -0.05) is 19.1 Å². The van der Waals surface area contributed by atoms with Gasteiger partial charge in [-0.25, -0.2) is 0 Å². The van der Waals surface area contributed by atoms with Gasteiger partial charge in [-0.2, -0.15) is 8.78 Å². The maximum atomic E-state index is 12.0. The molecular formula is C13H17F2NO. The van der Waals surface area contributed by atoms with Crippen LogP contribution < -0.4 is 10.1 Å². The first-order valence-corrected chi connectivity index (χ1v) is 5.99. The molecule has 0 saturated carbocycles. The van der Waals surface area contributed by atoms with Crippen LogP contribution in [-0.4, -0.2) is 19.2 Å². The summed E-state index contributed by atoms with van der Waals surface area (Å²) in [6.45, 7) is 0.431. The van der Waals surface area contributed by atoms with Gasteiger partial charge >= 0.3 is 6.61 Å². The molecule has 1 aromatic carbocycles.